The van der Waals surface area contributed by atoms with Crippen LogP contribution in [-0.2, 0) is 0 Å². The molecule has 1 aliphatic heterocycles. The minimum absolute atomic E-state index is 0.0333. The highest BCUT2D eigenvalue weighted by molar-refractivity contribution is 5.94. The smallest absolute Gasteiger partial charge is 0.251 e. The van der Waals surface area contributed by atoms with E-state index in [1.54, 1.807) is 0 Å². The first-order valence-corrected chi connectivity index (χ1v) is 9.10. The molecule has 1 amide bonds. The van der Waals surface area contributed by atoms with Gasteiger partial charge in [-0.2, -0.15) is 0 Å². The predicted octanol–water partition coefficient (Wildman–Crippen LogP) is 3.14. The van der Waals surface area contributed by atoms with Crippen molar-refractivity contribution in [3.63, 3.8) is 0 Å². The molecule has 2 rings (SSSR count). The van der Waals surface area contributed by atoms with Crippen LogP contribution < -0.4 is 10.2 Å². The summed E-state index contributed by atoms with van der Waals surface area (Å²) in [6, 6.07) is 7.93. The van der Waals surface area contributed by atoms with Crippen LogP contribution in [0.2, 0.25) is 0 Å². The summed E-state index contributed by atoms with van der Waals surface area (Å²) < 4.78 is 0. The Balaban J connectivity index is 1.78. The van der Waals surface area contributed by atoms with Gasteiger partial charge in [0.25, 0.3) is 5.91 Å². The van der Waals surface area contributed by atoms with Crippen molar-refractivity contribution in [1.29, 1.82) is 0 Å². The largest absolute Gasteiger partial charge is 0.372 e. The molecule has 0 atom stereocenters. The molecule has 23 heavy (non-hydrogen) atoms. The van der Waals surface area contributed by atoms with Crippen LogP contribution in [0.5, 0.6) is 0 Å². The second kappa shape index (κ2) is 9.56. The summed E-state index contributed by atoms with van der Waals surface area (Å²) in [5, 5.41) is 3.05. The molecule has 0 radical (unpaired) electrons. The van der Waals surface area contributed by atoms with E-state index in [0.717, 1.165) is 31.7 Å². The van der Waals surface area contributed by atoms with Gasteiger partial charge in [0, 0.05) is 37.4 Å². The Morgan fingerprint density at radius 1 is 1.04 bits per heavy atom. The number of benzene rings is 1. The topological polar surface area (TPSA) is 35.6 Å². The number of anilines is 1. The Morgan fingerprint density at radius 3 is 2.22 bits per heavy atom. The summed E-state index contributed by atoms with van der Waals surface area (Å²) in [6.45, 7) is 10.3. The van der Waals surface area contributed by atoms with Gasteiger partial charge in [0.1, 0.15) is 0 Å². The van der Waals surface area contributed by atoms with Crippen molar-refractivity contribution in [2.45, 2.75) is 39.5 Å². The highest BCUT2D eigenvalue weighted by atomic mass is 16.1. The number of hydrogen-bond acceptors (Lipinski definition) is 3. The molecule has 0 saturated carbocycles. The molecule has 1 aromatic rings. The third-order valence-corrected chi connectivity index (χ3v) is 4.67. The lowest BCUT2D eigenvalue weighted by molar-refractivity contribution is 0.0948. The lowest BCUT2D eigenvalue weighted by atomic mass is 10.2. The average Bonchev–Trinajstić information content (AvgIpc) is 2.85. The number of likely N-dealkylation sites (tertiary alicyclic amines) is 1. The van der Waals surface area contributed by atoms with Gasteiger partial charge in [-0.15, -0.1) is 0 Å². The van der Waals surface area contributed by atoms with Gasteiger partial charge in [-0.25, -0.2) is 0 Å². The van der Waals surface area contributed by atoms with E-state index in [1.807, 2.05) is 24.3 Å². The van der Waals surface area contributed by atoms with Crippen molar-refractivity contribution in [2.24, 2.45) is 0 Å². The van der Waals surface area contributed by atoms with Gasteiger partial charge in [0.2, 0.25) is 0 Å². The van der Waals surface area contributed by atoms with Crippen LogP contribution >= 0.6 is 0 Å². The molecule has 1 aliphatic rings. The van der Waals surface area contributed by atoms with E-state index >= 15 is 0 Å². The van der Waals surface area contributed by atoms with Crippen molar-refractivity contribution in [2.75, 3.05) is 44.2 Å². The van der Waals surface area contributed by atoms with Crippen molar-refractivity contribution in [1.82, 2.24) is 10.2 Å². The molecule has 0 unspecified atom stereocenters. The minimum atomic E-state index is 0.0333. The molecule has 1 fully saturated rings. The molecule has 4 heteroatoms. The average molecular weight is 317 g/mol. The maximum Gasteiger partial charge on any atom is 0.251 e. The molecule has 128 valence electrons. The standard InChI is InChI=1S/C19H31N3O/c1-3-22(4-2)18-11-9-17(10-12-18)19(23)20-13-16-21-14-7-5-6-8-15-21/h9-12H,3-8,13-16H2,1-2H3,(H,20,23). The molecule has 1 aromatic carbocycles. The molecular formula is C19H31N3O. The van der Waals surface area contributed by atoms with E-state index in [9.17, 15) is 4.79 Å². The Labute approximate surface area is 140 Å². The van der Waals surface area contributed by atoms with Gasteiger partial charge in [-0.05, 0) is 64.0 Å². The number of carbonyl (C=O) groups is 1. The summed E-state index contributed by atoms with van der Waals surface area (Å²) in [7, 11) is 0. The fourth-order valence-electron chi connectivity index (χ4n) is 3.20. The Kier molecular flexibility index (Phi) is 7.40. The molecule has 0 aliphatic carbocycles. The second-order valence-electron chi connectivity index (χ2n) is 6.23. The Morgan fingerprint density at radius 2 is 1.65 bits per heavy atom. The number of amides is 1. The summed E-state index contributed by atoms with van der Waals surface area (Å²) in [5.74, 6) is 0.0333. The van der Waals surface area contributed by atoms with Crippen LogP contribution in [0.1, 0.15) is 49.9 Å². The first-order chi connectivity index (χ1) is 11.2. The van der Waals surface area contributed by atoms with Gasteiger partial charge >= 0.3 is 0 Å². The van der Waals surface area contributed by atoms with Gasteiger partial charge in [0.05, 0.1) is 0 Å². The van der Waals surface area contributed by atoms with E-state index in [1.165, 1.54) is 44.5 Å². The molecule has 1 N–H and O–H groups in total. The van der Waals surface area contributed by atoms with Crippen LogP contribution in [0.15, 0.2) is 24.3 Å². The van der Waals surface area contributed by atoms with Crippen molar-refractivity contribution in [3.8, 4) is 0 Å². The zero-order valence-corrected chi connectivity index (χ0v) is 14.7. The van der Waals surface area contributed by atoms with Crippen molar-refractivity contribution < 1.29 is 4.79 Å². The molecular weight excluding hydrogens is 286 g/mol. The first-order valence-electron chi connectivity index (χ1n) is 9.10. The van der Waals surface area contributed by atoms with E-state index in [4.69, 9.17) is 0 Å². The Bertz CT molecular complexity index is 460. The molecule has 1 heterocycles. The zero-order valence-electron chi connectivity index (χ0n) is 14.7. The van der Waals surface area contributed by atoms with Gasteiger partial charge < -0.3 is 15.1 Å². The fourth-order valence-corrected chi connectivity index (χ4v) is 3.20. The first kappa shape index (κ1) is 17.8. The summed E-state index contributed by atoms with van der Waals surface area (Å²) in [5.41, 5.74) is 1.92. The third kappa shape index (κ3) is 5.54. The number of nitrogens with zero attached hydrogens (tertiary/aromatic N) is 2. The lowest BCUT2D eigenvalue weighted by Crippen LogP contribution is -2.35. The molecule has 1 saturated heterocycles. The van der Waals surface area contributed by atoms with Crippen LogP contribution in [-0.4, -0.2) is 50.1 Å². The summed E-state index contributed by atoms with van der Waals surface area (Å²) >= 11 is 0. The van der Waals surface area contributed by atoms with Crippen LogP contribution in [0.3, 0.4) is 0 Å². The SMILES string of the molecule is CCN(CC)c1ccc(C(=O)NCCN2CCCCCC2)cc1. The molecule has 4 nitrogen and oxygen atoms in total. The van der Waals surface area contributed by atoms with E-state index in [-0.39, 0.29) is 5.91 Å². The van der Waals surface area contributed by atoms with Crippen LogP contribution in [0.25, 0.3) is 0 Å². The monoisotopic (exact) mass is 317 g/mol. The maximum atomic E-state index is 12.2. The Hall–Kier alpha value is -1.55. The van der Waals surface area contributed by atoms with Crippen molar-refractivity contribution >= 4 is 11.6 Å². The normalized spacial score (nSPS) is 15.9. The quantitative estimate of drug-likeness (QED) is 0.839. The van der Waals surface area contributed by atoms with Gasteiger partial charge in [0.15, 0.2) is 0 Å². The number of carbonyl (C=O) groups excluding carboxylic acids is 1. The number of nitrogens with one attached hydrogen (secondary N) is 1. The summed E-state index contributed by atoms with van der Waals surface area (Å²) in [4.78, 5) is 17.0. The fraction of sp³-hybridized carbons (Fsp3) is 0.632. The van der Waals surface area contributed by atoms with Crippen molar-refractivity contribution in [3.05, 3.63) is 29.8 Å². The van der Waals surface area contributed by atoms with Gasteiger partial charge in [-0.3, -0.25) is 4.79 Å². The lowest BCUT2D eigenvalue weighted by Gasteiger charge is -2.21. The molecule has 0 bridgehead atoms. The number of hydrogen-bond donors (Lipinski definition) is 1. The van der Waals surface area contributed by atoms with E-state index < -0.39 is 0 Å². The van der Waals surface area contributed by atoms with Crippen LogP contribution in [0.4, 0.5) is 5.69 Å². The van der Waals surface area contributed by atoms with E-state index in [0.29, 0.717) is 0 Å². The second-order valence-corrected chi connectivity index (χ2v) is 6.23. The van der Waals surface area contributed by atoms with E-state index in [2.05, 4.69) is 29.0 Å². The maximum absolute atomic E-state index is 12.2. The minimum Gasteiger partial charge on any atom is -0.372 e. The highest BCUT2D eigenvalue weighted by Crippen LogP contribution is 2.15. The van der Waals surface area contributed by atoms with Crippen LogP contribution in [0, 0.1) is 0 Å². The molecule has 0 spiro atoms. The molecule has 0 aromatic heterocycles. The zero-order chi connectivity index (χ0) is 16.5. The van der Waals surface area contributed by atoms with Gasteiger partial charge in [-0.1, -0.05) is 12.8 Å². The third-order valence-electron chi connectivity index (χ3n) is 4.67. The number of rotatable bonds is 7. The highest BCUT2D eigenvalue weighted by Gasteiger charge is 2.10. The summed E-state index contributed by atoms with van der Waals surface area (Å²) in [6.07, 6.45) is 5.28. The predicted molar refractivity (Wildman–Crippen MR) is 97.2 cm³/mol.